The molecule has 2 aliphatic heterocycles. The monoisotopic (exact) mass is 210 g/mol. The van der Waals surface area contributed by atoms with Gasteiger partial charge >= 0.3 is 0 Å². The Bertz CT molecular complexity index is 242. The molecule has 15 heavy (non-hydrogen) atoms. The summed E-state index contributed by atoms with van der Waals surface area (Å²) < 4.78 is 17.2. The first-order valence-corrected chi connectivity index (χ1v) is 6.35. The highest BCUT2D eigenvalue weighted by Gasteiger charge is 2.47. The minimum atomic E-state index is 0.467. The van der Waals surface area contributed by atoms with Crippen LogP contribution in [0.5, 0.6) is 0 Å². The average Bonchev–Trinajstić information content (AvgIpc) is 3.11. The van der Waals surface area contributed by atoms with Crippen molar-refractivity contribution in [2.45, 2.75) is 75.1 Å². The van der Waals surface area contributed by atoms with E-state index in [2.05, 4.69) is 0 Å². The smallest absolute Gasteiger partial charge is 0.0866 e. The highest BCUT2D eigenvalue weighted by atomic mass is 16.6. The summed E-state index contributed by atoms with van der Waals surface area (Å²) in [5, 5.41) is 0. The van der Waals surface area contributed by atoms with Gasteiger partial charge in [-0.25, -0.2) is 0 Å². The lowest BCUT2D eigenvalue weighted by Crippen LogP contribution is -2.30. The van der Waals surface area contributed by atoms with Gasteiger partial charge in [-0.2, -0.15) is 0 Å². The van der Waals surface area contributed by atoms with Gasteiger partial charge < -0.3 is 14.2 Å². The molecule has 0 amide bonds. The lowest BCUT2D eigenvalue weighted by atomic mass is 9.95. The topological polar surface area (TPSA) is 34.3 Å². The van der Waals surface area contributed by atoms with Crippen molar-refractivity contribution in [3.63, 3.8) is 0 Å². The quantitative estimate of drug-likeness (QED) is 0.650. The van der Waals surface area contributed by atoms with Gasteiger partial charge in [0.2, 0.25) is 0 Å². The Morgan fingerprint density at radius 1 is 0.667 bits per heavy atom. The van der Waals surface area contributed by atoms with Crippen LogP contribution in [-0.4, -0.2) is 36.6 Å². The number of hydrogen-bond donors (Lipinski definition) is 0. The van der Waals surface area contributed by atoms with Gasteiger partial charge in [0.25, 0.3) is 0 Å². The Hall–Kier alpha value is -0.120. The Kier molecular flexibility index (Phi) is 1.91. The summed E-state index contributed by atoms with van der Waals surface area (Å²) in [6.45, 7) is 0. The predicted molar refractivity (Wildman–Crippen MR) is 53.7 cm³/mol. The Balaban J connectivity index is 1.31. The fourth-order valence-electron chi connectivity index (χ4n) is 3.25. The van der Waals surface area contributed by atoms with E-state index in [1.54, 1.807) is 0 Å². The molecule has 6 atom stereocenters. The summed E-state index contributed by atoms with van der Waals surface area (Å²) in [4.78, 5) is 0. The van der Waals surface area contributed by atoms with E-state index in [0.717, 1.165) is 12.8 Å². The maximum absolute atomic E-state index is 6.17. The minimum Gasteiger partial charge on any atom is -0.375 e. The number of ether oxygens (including phenoxy) is 3. The molecule has 4 aliphatic rings. The molecule has 3 heteroatoms. The fourth-order valence-corrected chi connectivity index (χ4v) is 3.25. The van der Waals surface area contributed by atoms with E-state index in [9.17, 15) is 0 Å². The molecule has 3 nitrogen and oxygen atoms in total. The summed E-state index contributed by atoms with van der Waals surface area (Å²) in [5.74, 6) is 0. The van der Waals surface area contributed by atoms with Crippen molar-refractivity contribution < 1.29 is 14.2 Å². The van der Waals surface area contributed by atoms with Gasteiger partial charge in [0.05, 0.1) is 36.6 Å². The van der Waals surface area contributed by atoms with Crippen molar-refractivity contribution in [1.29, 1.82) is 0 Å². The molecule has 4 rings (SSSR count). The van der Waals surface area contributed by atoms with Gasteiger partial charge in [0, 0.05) is 12.8 Å². The minimum absolute atomic E-state index is 0.467. The first kappa shape index (κ1) is 8.97. The Labute approximate surface area is 90.1 Å². The molecule has 84 valence electrons. The second-order valence-electron chi connectivity index (χ2n) is 5.43. The predicted octanol–water partition coefficient (Wildman–Crippen LogP) is 1.64. The van der Waals surface area contributed by atoms with Gasteiger partial charge in [-0.05, 0) is 25.7 Å². The standard InChI is InChI=1S/C12H18O3/c1-3-9-11(14-9)5-7(1)13-8-2-4-10-12(6-8)15-10/h7-12H,1-6H2. The second-order valence-corrected chi connectivity index (χ2v) is 5.43. The molecule has 0 aromatic heterocycles. The molecule has 0 aromatic carbocycles. The summed E-state index contributed by atoms with van der Waals surface area (Å²) in [5.41, 5.74) is 0. The zero-order valence-electron chi connectivity index (χ0n) is 8.93. The molecular formula is C12H18O3. The lowest BCUT2D eigenvalue weighted by molar-refractivity contribution is -0.0392. The summed E-state index contributed by atoms with van der Waals surface area (Å²) in [7, 11) is 0. The molecule has 2 saturated carbocycles. The molecule has 4 fully saturated rings. The van der Waals surface area contributed by atoms with E-state index in [4.69, 9.17) is 14.2 Å². The number of fused-ring (bicyclic) bond motifs is 2. The van der Waals surface area contributed by atoms with E-state index < -0.39 is 0 Å². The maximum atomic E-state index is 6.17. The van der Waals surface area contributed by atoms with Crippen molar-refractivity contribution >= 4 is 0 Å². The van der Waals surface area contributed by atoms with Crippen LogP contribution in [0.2, 0.25) is 0 Å². The third kappa shape index (κ3) is 1.71. The van der Waals surface area contributed by atoms with E-state index in [0.29, 0.717) is 36.6 Å². The highest BCUT2D eigenvalue weighted by molar-refractivity contribution is 4.95. The lowest BCUT2D eigenvalue weighted by Gasteiger charge is -2.27. The van der Waals surface area contributed by atoms with Crippen LogP contribution in [0.15, 0.2) is 0 Å². The van der Waals surface area contributed by atoms with Crippen LogP contribution in [-0.2, 0) is 14.2 Å². The molecule has 2 saturated heterocycles. The van der Waals surface area contributed by atoms with Crippen molar-refractivity contribution in [2.75, 3.05) is 0 Å². The Morgan fingerprint density at radius 3 is 1.67 bits per heavy atom. The fraction of sp³-hybridized carbons (Fsp3) is 1.00. The van der Waals surface area contributed by atoms with E-state index in [-0.39, 0.29) is 0 Å². The summed E-state index contributed by atoms with van der Waals surface area (Å²) >= 11 is 0. The van der Waals surface area contributed by atoms with Crippen LogP contribution in [0.3, 0.4) is 0 Å². The van der Waals surface area contributed by atoms with Crippen LogP contribution < -0.4 is 0 Å². The van der Waals surface area contributed by atoms with Crippen molar-refractivity contribution in [2.24, 2.45) is 0 Å². The normalized spacial score (nSPS) is 56.8. The van der Waals surface area contributed by atoms with E-state index in [1.807, 2.05) is 0 Å². The molecule has 2 heterocycles. The third-order valence-corrected chi connectivity index (χ3v) is 4.30. The number of hydrogen-bond acceptors (Lipinski definition) is 3. The van der Waals surface area contributed by atoms with Crippen LogP contribution in [0.1, 0.15) is 38.5 Å². The molecule has 0 radical (unpaired) electrons. The van der Waals surface area contributed by atoms with Crippen LogP contribution in [0.25, 0.3) is 0 Å². The van der Waals surface area contributed by atoms with Gasteiger partial charge in [0.15, 0.2) is 0 Å². The van der Waals surface area contributed by atoms with Gasteiger partial charge in [-0.3, -0.25) is 0 Å². The first-order chi connectivity index (χ1) is 7.38. The molecule has 2 aliphatic carbocycles. The summed E-state index contributed by atoms with van der Waals surface area (Å²) in [6.07, 6.45) is 10.3. The SMILES string of the molecule is C1CC2OC2CC1OC1CCC2OC2C1. The van der Waals surface area contributed by atoms with Crippen LogP contribution in [0, 0.1) is 0 Å². The Morgan fingerprint density at radius 2 is 1.20 bits per heavy atom. The second kappa shape index (κ2) is 3.19. The molecule has 6 unspecified atom stereocenters. The van der Waals surface area contributed by atoms with Crippen molar-refractivity contribution in [1.82, 2.24) is 0 Å². The van der Waals surface area contributed by atoms with E-state index in [1.165, 1.54) is 25.7 Å². The molecular weight excluding hydrogens is 192 g/mol. The largest absolute Gasteiger partial charge is 0.375 e. The summed E-state index contributed by atoms with van der Waals surface area (Å²) in [6, 6.07) is 0. The highest BCUT2D eigenvalue weighted by Crippen LogP contribution is 2.41. The zero-order chi connectivity index (χ0) is 9.83. The zero-order valence-corrected chi connectivity index (χ0v) is 8.93. The van der Waals surface area contributed by atoms with Crippen LogP contribution >= 0.6 is 0 Å². The molecule has 0 bridgehead atoms. The van der Waals surface area contributed by atoms with Gasteiger partial charge in [-0.15, -0.1) is 0 Å². The van der Waals surface area contributed by atoms with Gasteiger partial charge in [0.1, 0.15) is 0 Å². The number of rotatable bonds is 2. The maximum Gasteiger partial charge on any atom is 0.0866 e. The van der Waals surface area contributed by atoms with Crippen molar-refractivity contribution in [3.05, 3.63) is 0 Å². The molecule has 0 aromatic rings. The average molecular weight is 210 g/mol. The number of epoxide rings is 2. The third-order valence-electron chi connectivity index (χ3n) is 4.30. The van der Waals surface area contributed by atoms with Crippen molar-refractivity contribution in [3.8, 4) is 0 Å². The van der Waals surface area contributed by atoms with Crippen LogP contribution in [0.4, 0.5) is 0 Å². The first-order valence-electron chi connectivity index (χ1n) is 6.35. The van der Waals surface area contributed by atoms with E-state index >= 15 is 0 Å². The molecule has 0 spiro atoms. The molecule has 0 N–H and O–H groups in total. The van der Waals surface area contributed by atoms with Gasteiger partial charge in [-0.1, -0.05) is 0 Å².